The van der Waals surface area contributed by atoms with Crippen molar-refractivity contribution in [1.29, 1.82) is 0 Å². The zero-order valence-electron chi connectivity index (χ0n) is 12.7. The van der Waals surface area contributed by atoms with Crippen LogP contribution in [0.15, 0.2) is 52.3 Å². The molecule has 3 rings (SSSR count). The van der Waals surface area contributed by atoms with Gasteiger partial charge in [0.15, 0.2) is 0 Å². The van der Waals surface area contributed by atoms with Crippen LogP contribution in [-0.2, 0) is 4.79 Å². The fraction of sp³-hybridized carbons (Fsp3) is 0.176. The summed E-state index contributed by atoms with van der Waals surface area (Å²) in [7, 11) is 1.74. The largest absolute Gasteiger partial charge is 0.322 e. The van der Waals surface area contributed by atoms with Crippen molar-refractivity contribution in [2.24, 2.45) is 0 Å². The summed E-state index contributed by atoms with van der Waals surface area (Å²) in [5.74, 6) is -0.168. The number of hydrogen-bond donors (Lipinski definition) is 2. The fourth-order valence-electron chi connectivity index (χ4n) is 2.44. The van der Waals surface area contributed by atoms with E-state index in [0.717, 1.165) is 15.5 Å². The van der Waals surface area contributed by atoms with Crippen LogP contribution < -0.4 is 10.2 Å². The zero-order chi connectivity index (χ0) is 16.6. The number of amides is 2. The minimum absolute atomic E-state index is 0.0443. The molecule has 0 fully saturated rings. The normalized spacial score (nSPS) is 16.9. The molecule has 0 radical (unpaired) electrons. The highest BCUT2D eigenvalue weighted by atomic mass is 32.2. The molecule has 4 nitrogen and oxygen atoms in total. The molecular formula is C17H16N2O2S2. The van der Waals surface area contributed by atoms with Gasteiger partial charge < -0.3 is 10.2 Å². The van der Waals surface area contributed by atoms with Crippen LogP contribution in [0.1, 0.15) is 17.3 Å². The van der Waals surface area contributed by atoms with Gasteiger partial charge in [-0.15, -0.1) is 24.4 Å². The average molecular weight is 344 g/mol. The van der Waals surface area contributed by atoms with E-state index in [9.17, 15) is 9.59 Å². The van der Waals surface area contributed by atoms with Crippen molar-refractivity contribution in [2.45, 2.75) is 22.0 Å². The van der Waals surface area contributed by atoms with Crippen LogP contribution in [0.3, 0.4) is 0 Å². The van der Waals surface area contributed by atoms with E-state index in [-0.39, 0.29) is 17.1 Å². The van der Waals surface area contributed by atoms with Gasteiger partial charge in [-0.05, 0) is 43.3 Å². The van der Waals surface area contributed by atoms with Crippen LogP contribution in [0.2, 0.25) is 0 Å². The summed E-state index contributed by atoms with van der Waals surface area (Å²) in [6.45, 7) is 1.89. The van der Waals surface area contributed by atoms with Crippen LogP contribution in [0.4, 0.5) is 11.4 Å². The summed E-state index contributed by atoms with van der Waals surface area (Å²) in [6.07, 6.45) is 0. The van der Waals surface area contributed by atoms with Crippen LogP contribution >= 0.6 is 24.4 Å². The molecule has 2 aromatic rings. The molecular weight excluding hydrogens is 328 g/mol. The number of nitrogens with one attached hydrogen (secondary N) is 1. The third kappa shape index (κ3) is 3.23. The smallest absolute Gasteiger partial charge is 0.255 e. The first-order valence-electron chi connectivity index (χ1n) is 7.14. The van der Waals surface area contributed by atoms with E-state index in [1.54, 1.807) is 30.1 Å². The highest BCUT2D eigenvalue weighted by Gasteiger charge is 2.28. The lowest BCUT2D eigenvalue weighted by Gasteiger charge is -2.29. The lowest BCUT2D eigenvalue weighted by molar-refractivity contribution is -0.117. The molecule has 1 aliphatic rings. The first-order chi connectivity index (χ1) is 11.0. The molecule has 0 aliphatic carbocycles. The van der Waals surface area contributed by atoms with Crippen molar-refractivity contribution in [3.8, 4) is 0 Å². The lowest BCUT2D eigenvalue weighted by Crippen LogP contribution is -2.36. The number of hydrogen-bond acceptors (Lipinski definition) is 4. The maximum Gasteiger partial charge on any atom is 0.255 e. The van der Waals surface area contributed by atoms with Crippen molar-refractivity contribution >= 4 is 47.6 Å². The second-order valence-electron chi connectivity index (χ2n) is 5.34. The van der Waals surface area contributed by atoms with Crippen LogP contribution in [0.25, 0.3) is 0 Å². The number of anilines is 2. The van der Waals surface area contributed by atoms with Crippen molar-refractivity contribution in [3.05, 3.63) is 48.0 Å². The zero-order valence-corrected chi connectivity index (χ0v) is 14.4. The van der Waals surface area contributed by atoms with Gasteiger partial charge in [-0.25, -0.2) is 0 Å². The molecule has 2 aromatic carbocycles. The summed E-state index contributed by atoms with van der Waals surface area (Å²) in [5, 5.41) is 2.74. The van der Waals surface area contributed by atoms with Crippen molar-refractivity contribution in [2.75, 3.05) is 17.3 Å². The SMILES string of the molecule is CC1Sc2ccc(C(=O)Nc3cccc(S)c3)cc2N(C)C1=O. The number of benzene rings is 2. The second kappa shape index (κ2) is 6.29. The van der Waals surface area contributed by atoms with Crippen LogP contribution in [0, 0.1) is 0 Å². The third-order valence-corrected chi connectivity index (χ3v) is 5.10. The Labute approximate surface area is 144 Å². The third-order valence-electron chi connectivity index (χ3n) is 3.67. The lowest BCUT2D eigenvalue weighted by atomic mass is 10.1. The molecule has 0 saturated heterocycles. The fourth-order valence-corrected chi connectivity index (χ4v) is 3.77. The molecule has 0 bridgehead atoms. The van der Waals surface area contributed by atoms with Crippen LogP contribution in [-0.4, -0.2) is 24.1 Å². The first-order valence-corrected chi connectivity index (χ1v) is 8.47. The second-order valence-corrected chi connectivity index (χ2v) is 7.24. The summed E-state index contributed by atoms with van der Waals surface area (Å²) < 4.78 is 0. The predicted octanol–water partition coefficient (Wildman–Crippen LogP) is 3.68. The Morgan fingerprint density at radius 1 is 1.26 bits per heavy atom. The van der Waals surface area contributed by atoms with E-state index in [1.807, 2.05) is 31.2 Å². The Hall–Kier alpha value is -1.92. The topological polar surface area (TPSA) is 49.4 Å². The molecule has 118 valence electrons. The van der Waals surface area contributed by atoms with Crippen LogP contribution in [0.5, 0.6) is 0 Å². The average Bonchev–Trinajstić information content (AvgIpc) is 2.52. The van der Waals surface area contributed by atoms with Gasteiger partial charge in [0.05, 0.1) is 10.9 Å². The Morgan fingerprint density at radius 2 is 2.04 bits per heavy atom. The monoisotopic (exact) mass is 344 g/mol. The number of carbonyl (C=O) groups is 2. The van der Waals surface area contributed by atoms with E-state index in [0.29, 0.717) is 11.3 Å². The van der Waals surface area contributed by atoms with Gasteiger partial charge in [0.25, 0.3) is 5.91 Å². The first kappa shape index (κ1) is 16.0. The van der Waals surface area contributed by atoms with Gasteiger partial charge in [-0.3, -0.25) is 9.59 Å². The molecule has 0 saturated carbocycles. The number of thiol groups is 1. The molecule has 0 spiro atoms. The summed E-state index contributed by atoms with van der Waals surface area (Å²) in [6, 6.07) is 12.7. The molecule has 6 heteroatoms. The van der Waals surface area contributed by atoms with Crippen molar-refractivity contribution in [1.82, 2.24) is 0 Å². The maximum absolute atomic E-state index is 12.4. The Morgan fingerprint density at radius 3 is 2.78 bits per heavy atom. The van der Waals surface area contributed by atoms with E-state index in [1.165, 1.54) is 11.8 Å². The van der Waals surface area contributed by atoms with E-state index >= 15 is 0 Å². The van der Waals surface area contributed by atoms with E-state index < -0.39 is 0 Å². The van der Waals surface area contributed by atoms with Gasteiger partial charge in [-0.2, -0.15) is 0 Å². The molecule has 23 heavy (non-hydrogen) atoms. The number of carbonyl (C=O) groups excluding carboxylic acids is 2. The maximum atomic E-state index is 12.4. The Kier molecular flexibility index (Phi) is 4.37. The van der Waals surface area contributed by atoms with E-state index in [2.05, 4.69) is 17.9 Å². The highest BCUT2D eigenvalue weighted by molar-refractivity contribution is 8.01. The summed E-state index contributed by atoms with van der Waals surface area (Å²) in [5.41, 5.74) is 1.98. The predicted molar refractivity (Wildman–Crippen MR) is 96.8 cm³/mol. The van der Waals surface area contributed by atoms with Gasteiger partial charge in [0.2, 0.25) is 5.91 Å². The molecule has 0 aromatic heterocycles. The molecule has 2 amide bonds. The van der Waals surface area contributed by atoms with E-state index in [4.69, 9.17) is 0 Å². The Balaban J connectivity index is 1.87. The van der Waals surface area contributed by atoms with Crippen molar-refractivity contribution in [3.63, 3.8) is 0 Å². The molecule has 1 unspecified atom stereocenters. The summed E-state index contributed by atoms with van der Waals surface area (Å²) >= 11 is 5.78. The van der Waals surface area contributed by atoms with Crippen molar-refractivity contribution < 1.29 is 9.59 Å². The number of nitrogens with zero attached hydrogens (tertiary/aromatic N) is 1. The highest BCUT2D eigenvalue weighted by Crippen LogP contribution is 2.38. The van der Waals surface area contributed by atoms with Gasteiger partial charge >= 0.3 is 0 Å². The van der Waals surface area contributed by atoms with Gasteiger partial charge in [0, 0.05) is 28.1 Å². The standard InChI is InChI=1S/C17H16N2O2S2/c1-10-17(21)19(2)14-8-11(6-7-15(14)23-10)16(20)18-12-4-3-5-13(22)9-12/h3-10,22H,1-2H3,(H,18,20). The molecule has 1 aliphatic heterocycles. The minimum Gasteiger partial charge on any atom is -0.322 e. The summed E-state index contributed by atoms with van der Waals surface area (Å²) in [4.78, 5) is 27.9. The number of thioether (sulfide) groups is 1. The van der Waals surface area contributed by atoms with Gasteiger partial charge in [0.1, 0.15) is 0 Å². The molecule has 1 atom stereocenters. The number of rotatable bonds is 2. The molecule has 1 N–H and O–H groups in total. The van der Waals surface area contributed by atoms with Gasteiger partial charge in [-0.1, -0.05) is 6.07 Å². The minimum atomic E-state index is -0.212. The Bertz CT molecular complexity index is 792. The quantitative estimate of drug-likeness (QED) is 0.817. The number of fused-ring (bicyclic) bond motifs is 1. The molecule has 1 heterocycles.